The SMILES string of the molecule is Fc1ccc(CNCC2(CCl)CCCC2)c(Cl)c1. The van der Waals surface area contributed by atoms with Gasteiger partial charge < -0.3 is 5.32 Å². The molecule has 1 nitrogen and oxygen atoms in total. The lowest BCUT2D eigenvalue weighted by atomic mass is 9.88. The van der Waals surface area contributed by atoms with Crippen molar-refractivity contribution in [3.8, 4) is 0 Å². The fourth-order valence-corrected chi connectivity index (χ4v) is 3.21. The fourth-order valence-electron chi connectivity index (χ4n) is 2.61. The van der Waals surface area contributed by atoms with Gasteiger partial charge in [0.1, 0.15) is 5.82 Å². The molecule has 0 aromatic heterocycles. The Hall–Kier alpha value is -0.310. The molecule has 0 spiro atoms. The molecule has 1 saturated carbocycles. The number of alkyl halides is 1. The van der Waals surface area contributed by atoms with Crippen molar-refractivity contribution in [3.05, 3.63) is 34.6 Å². The van der Waals surface area contributed by atoms with Crippen LogP contribution in [0.15, 0.2) is 18.2 Å². The maximum absolute atomic E-state index is 12.9. The first-order valence-corrected chi connectivity index (χ1v) is 7.27. The Bertz CT molecular complexity index is 403. The number of hydrogen-bond donors (Lipinski definition) is 1. The molecule has 1 aromatic rings. The lowest BCUT2D eigenvalue weighted by Gasteiger charge is -2.26. The number of hydrogen-bond acceptors (Lipinski definition) is 1. The topological polar surface area (TPSA) is 12.0 Å². The summed E-state index contributed by atoms with van der Waals surface area (Å²) >= 11 is 12.1. The minimum atomic E-state index is -0.295. The molecule has 0 amide bonds. The van der Waals surface area contributed by atoms with Gasteiger partial charge >= 0.3 is 0 Å². The Morgan fingerprint density at radius 3 is 2.61 bits per heavy atom. The summed E-state index contributed by atoms with van der Waals surface area (Å²) in [6.45, 7) is 1.57. The van der Waals surface area contributed by atoms with Crippen molar-refractivity contribution in [1.29, 1.82) is 0 Å². The van der Waals surface area contributed by atoms with E-state index >= 15 is 0 Å². The molecule has 1 N–H and O–H groups in total. The van der Waals surface area contributed by atoms with Crippen LogP contribution in [0, 0.1) is 11.2 Å². The summed E-state index contributed by atoms with van der Waals surface area (Å²) in [6, 6.07) is 4.52. The first kappa shape index (κ1) is 14.1. The van der Waals surface area contributed by atoms with Gasteiger partial charge in [0.25, 0.3) is 0 Å². The Balaban J connectivity index is 1.88. The van der Waals surface area contributed by atoms with Crippen molar-refractivity contribution in [1.82, 2.24) is 5.32 Å². The standard InChI is InChI=1S/C14H18Cl2FN/c15-9-14(5-1-2-6-14)10-18-8-11-3-4-12(17)7-13(11)16/h3-4,7,18H,1-2,5-6,8-10H2. The highest BCUT2D eigenvalue weighted by molar-refractivity contribution is 6.31. The average Bonchev–Trinajstić information content (AvgIpc) is 2.81. The van der Waals surface area contributed by atoms with Gasteiger partial charge in [-0.3, -0.25) is 0 Å². The van der Waals surface area contributed by atoms with Crippen LogP contribution < -0.4 is 5.32 Å². The van der Waals surface area contributed by atoms with E-state index in [1.54, 1.807) is 6.07 Å². The summed E-state index contributed by atoms with van der Waals surface area (Å²) in [6.07, 6.45) is 4.93. The summed E-state index contributed by atoms with van der Waals surface area (Å²) in [5.74, 6) is 0.411. The summed E-state index contributed by atoms with van der Waals surface area (Å²) in [7, 11) is 0. The van der Waals surface area contributed by atoms with Crippen LogP contribution in [0.2, 0.25) is 5.02 Å². The van der Waals surface area contributed by atoms with E-state index in [1.165, 1.54) is 37.8 Å². The van der Waals surface area contributed by atoms with Crippen LogP contribution in [0.5, 0.6) is 0 Å². The van der Waals surface area contributed by atoms with E-state index in [2.05, 4.69) is 5.32 Å². The lowest BCUT2D eigenvalue weighted by molar-refractivity contribution is 0.320. The smallest absolute Gasteiger partial charge is 0.124 e. The van der Waals surface area contributed by atoms with Crippen molar-refractivity contribution < 1.29 is 4.39 Å². The van der Waals surface area contributed by atoms with Crippen LogP contribution in [0.25, 0.3) is 0 Å². The van der Waals surface area contributed by atoms with Crippen molar-refractivity contribution in [2.45, 2.75) is 32.2 Å². The van der Waals surface area contributed by atoms with Crippen molar-refractivity contribution in [2.24, 2.45) is 5.41 Å². The second-order valence-electron chi connectivity index (χ2n) is 5.18. The van der Waals surface area contributed by atoms with Gasteiger partial charge in [0, 0.05) is 24.0 Å². The Kier molecular flexibility index (Phi) is 4.88. The predicted octanol–water partition coefficient (Wildman–Crippen LogP) is 4.37. The highest BCUT2D eigenvalue weighted by atomic mass is 35.5. The van der Waals surface area contributed by atoms with E-state index in [-0.39, 0.29) is 11.2 Å². The van der Waals surface area contributed by atoms with Crippen molar-refractivity contribution in [3.63, 3.8) is 0 Å². The average molecular weight is 290 g/mol. The lowest BCUT2D eigenvalue weighted by Crippen LogP contribution is -2.33. The van der Waals surface area contributed by atoms with Crippen LogP contribution in [-0.4, -0.2) is 12.4 Å². The molecule has 0 saturated heterocycles. The van der Waals surface area contributed by atoms with Gasteiger partial charge in [-0.05, 0) is 36.0 Å². The minimum absolute atomic E-state index is 0.244. The van der Waals surface area contributed by atoms with Gasteiger partial charge in [-0.2, -0.15) is 0 Å². The van der Waals surface area contributed by atoms with E-state index in [0.29, 0.717) is 17.4 Å². The summed E-state index contributed by atoms with van der Waals surface area (Å²) in [5, 5.41) is 3.88. The molecule has 4 heteroatoms. The third-order valence-electron chi connectivity index (χ3n) is 3.78. The first-order chi connectivity index (χ1) is 8.65. The van der Waals surface area contributed by atoms with Gasteiger partial charge in [0.15, 0.2) is 0 Å². The van der Waals surface area contributed by atoms with Gasteiger partial charge in [0.2, 0.25) is 0 Å². The highest BCUT2D eigenvalue weighted by Crippen LogP contribution is 2.38. The molecule has 1 aromatic carbocycles. The monoisotopic (exact) mass is 289 g/mol. The Morgan fingerprint density at radius 2 is 2.00 bits per heavy atom. The van der Waals surface area contributed by atoms with E-state index < -0.39 is 0 Å². The van der Waals surface area contributed by atoms with Gasteiger partial charge in [0.05, 0.1) is 0 Å². The molecule has 1 fully saturated rings. The van der Waals surface area contributed by atoms with E-state index in [1.807, 2.05) is 0 Å². The molecule has 1 aliphatic carbocycles. The molecular formula is C14H18Cl2FN. The van der Waals surface area contributed by atoms with Crippen LogP contribution >= 0.6 is 23.2 Å². The third-order valence-corrected chi connectivity index (χ3v) is 4.70. The minimum Gasteiger partial charge on any atom is -0.312 e. The quantitative estimate of drug-likeness (QED) is 0.794. The zero-order chi connectivity index (χ0) is 13.0. The van der Waals surface area contributed by atoms with Crippen molar-refractivity contribution in [2.75, 3.05) is 12.4 Å². The molecule has 0 atom stereocenters. The van der Waals surface area contributed by atoms with E-state index in [0.717, 1.165) is 12.1 Å². The summed E-state index contributed by atoms with van der Waals surface area (Å²) in [4.78, 5) is 0. The van der Waals surface area contributed by atoms with E-state index in [4.69, 9.17) is 23.2 Å². The maximum Gasteiger partial charge on any atom is 0.124 e. The number of rotatable bonds is 5. The van der Waals surface area contributed by atoms with E-state index in [9.17, 15) is 4.39 Å². The number of nitrogens with one attached hydrogen (secondary N) is 1. The predicted molar refractivity (Wildman–Crippen MR) is 74.7 cm³/mol. The molecule has 1 aliphatic rings. The molecule has 18 heavy (non-hydrogen) atoms. The Labute approximate surface area is 118 Å². The molecule has 0 unspecified atom stereocenters. The van der Waals surface area contributed by atoms with Gasteiger partial charge in [-0.25, -0.2) is 4.39 Å². The fraction of sp³-hybridized carbons (Fsp3) is 0.571. The van der Waals surface area contributed by atoms with Gasteiger partial charge in [-0.15, -0.1) is 11.6 Å². The third kappa shape index (κ3) is 3.37. The molecule has 0 aliphatic heterocycles. The number of halogens is 3. The molecule has 100 valence electrons. The molecule has 2 rings (SSSR count). The largest absolute Gasteiger partial charge is 0.312 e. The summed E-state index contributed by atoms with van der Waals surface area (Å²) < 4.78 is 12.9. The van der Waals surface area contributed by atoms with Gasteiger partial charge in [-0.1, -0.05) is 30.5 Å². The second kappa shape index (κ2) is 6.23. The molecule has 0 bridgehead atoms. The van der Waals surface area contributed by atoms with Crippen molar-refractivity contribution >= 4 is 23.2 Å². The Morgan fingerprint density at radius 1 is 1.28 bits per heavy atom. The zero-order valence-electron chi connectivity index (χ0n) is 10.3. The molecule has 0 radical (unpaired) electrons. The normalized spacial score (nSPS) is 18.2. The van der Waals surface area contributed by atoms with Crippen LogP contribution in [0.3, 0.4) is 0 Å². The maximum atomic E-state index is 12.9. The first-order valence-electron chi connectivity index (χ1n) is 6.36. The van der Waals surface area contributed by atoms with Crippen LogP contribution in [0.4, 0.5) is 4.39 Å². The second-order valence-corrected chi connectivity index (χ2v) is 5.85. The highest BCUT2D eigenvalue weighted by Gasteiger charge is 2.32. The number of benzene rings is 1. The van der Waals surface area contributed by atoms with Crippen LogP contribution in [-0.2, 0) is 6.54 Å². The zero-order valence-corrected chi connectivity index (χ0v) is 11.8. The van der Waals surface area contributed by atoms with Crippen LogP contribution in [0.1, 0.15) is 31.2 Å². The molecule has 0 heterocycles. The summed E-state index contributed by atoms with van der Waals surface area (Å²) in [5.41, 5.74) is 1.18. The molecular weight excluding hydrogens is 272 g/mol.